The summed E-state index contributed by atoms with van der Waals surface area (Å²) in [5.41, 5.74) is 12.3. The monoisotopic (exact) mass is 751 g/mol. The highest BCUT2D eigenvalue weighted by atomic mass is 16.3. The van der Waals surface area contributed by atoms with Gasteiger partial charge >= 0.3 is 0 Å². The summed E-state index contributed by atoms with van der Waals surface area (Å²) in [6, 6.07) is 62.5. The van der Waals surface area contributed by atoms with Gasteiger partial charge in [-0.2, -0.15) is 0 Å². The molecule has 10 aromatic rings. The number of hydrogen-bond acceptors (Lipinski definition) is 5. The number of furan rings is 1. The molecule has 280 valence electrons. The van der Waals surface area contributed by atoms with Crippen LogP contribution in [-0.2, 0) is 0 Å². The summed E-state index contributed by atoms with van der Waals surface area (Å²) in [4.78, 5) is 14.5. The van der Waals surface area contributed by atoms with Gasteiger partial charge in [-0.3, -0.25) is 4.57 Å². The number of fused-ring (bicyclic) bond motifs is 6. The van der Waals surface area contributed by atoms with E-state index in [0.29, 0.717) is 11.5 Å². The zero-order valence-corrected chi connectivity index (χ0v) is 32.1. The van der Waals surface area contributed by atoms with E-state index < -0.39 is 0 Å². The van der Waals surface area contributed by atoms with Gasteiger partial charge < -0.3 is 14.2 Å². The lowest BCUT2D eigenvalue weighted by Gasteiger charge is -2.26. The maximum atomic E-state index is 6.74. The zero-order valence-electron chi connectivity index (χ0n) is 32.1. The van der Waals surface area contributed by atoms with Crippen LogP contribution in [-0.4, -0.2) is 14.5 Å². The lowest BCUT2D eigenvalue weighted by atomic mass is 9.84. The number of para-hydroxylation sites is 4. The van der Waals surface area contributed by atoms with Crippen LogP contribution in [0.25, 0.3) is 49.7 Å². The van der Waals surface area contributed by atoms with Crippen LogP contribution in [0.5, 0.6) is 0 Å². The van der Waals surface area contributed by atoms with Gasteiger partial charge in [-0.1, -0.05) is 98.1 Å². The maximum Gasteiger partial charge on any atom is 0.197 e. The average Bonchev–Trinajstić information content (AvgIpc) is 3.83. The van der Waals surface area contributed by atoms with E-state index in [1.165, 1.54) is 37.7 Å². The van der Waals surface area contributed by atoms with Crippen LogP contribution < -0.4 is 9.80 Å². The van der Waals surface area contributed by atoms with Crippen molar-refractivity contribution in [2.24, 2.45) is 0 Å². The van der Waals surface area contributed by atoms with Crippen LogP contribution in [0, 0.1) is 0 Å². The second kappa shape index (κ2) is 14.4. The van der Waals surface area contributed by atoms with Crippen molar-refractivity contribution in [2.75, 3.05) is 9.80 Å². The molecule has 0 radical (unpaired) electrons. The van der Waals surface area contributed by atoms with E-state index in [0.717, 1.165) is 78.2 Å². The summed E-state index contributed by atoms with van der Waals surface area (Å²) in [7, 11) is 0. The molecule has 0 spiro atoms. The highest BCUT2D eigenvalue weighted by Crippen LogP contribution is 2.44. The van der Waals surface area contributed by atoms with Crippen LogP contribution in [0.3, 0.4) is 0 Å². The third-order valence-electron chi connectivity index (χ3n) is 11.9. The van der Waals surface area contributed by atoms with Crippen molar-refractivity contribution in [3.05, 3.63) is 188 Å². The fourth-order valence-corrected chi connectivity index (χ4v) is 9.14. The summed E-state index contributed by atoms with van der Waals surface area (Å²) < 4.78 is 9.00. The highest BCUT2D eigenvalue weighted by molar-refractivity contribution is 6.13. The molecule has 1 fully saturated rings. The number of rotatable bonds is 8. The SMILES string of the molecule is c1ccc(N(c2ccccc2)c2ccc3c(c2)c2cc(N(c4ccccc4)c4ccccc4)ccc2n3-c2ncnc3c2oc2ccc(C4CCCCC4)cc23)cc1. The van der Waals surface area contributed by atoms with Crippen LogP contribution in [0.1, 0.15) is 43.6 Å². The van der Waals surface area contributed by atoms with Crippen molar-refractivity contribution in [2.45, 2.75) is 38.0 Å². The Morgan fingerprint density at radius 1 is 0.466 bits per heavy atom. The lowest BCUT2D eigenvalue weighted by Crippen LogP contribution is -2.09. The van der Waals surface area contributed by atoms with Gasteiger partial charge in [-0.25, -0.2) is 9.97 Å². The first-order valence-corrected chi connectivity index (χ1v) is 20.3. The molecule has 11 rings (SSSR count). The topological polar surface area (TPSA) is 50.3 Å². The summed E-state index contributed by atoms with van der Waals surface area (Å²) in [6.07, 6.45) is 8.09. The Bertz CT molecular complexity index is 2820. The molecule has 3 heterocycles. The molecule has 0 N–H and O–H groups in total. The maximum absolute atomic E-state index is 6.74. The van der Waals surface area contributed by atoms with Gasteiger partial charge in [0, 0.05) is 50.3 Å². The van der Waals surface area contributed by atoms with Crippen LogP contribution >= 0.6 is 0 Å². The lowest BCUT2D eigenvalue weighted by molar-refractivity contribution is 0.444. The number of anilines is 6. The Morgan fingerprint density at radius 3 is 1.47 bits per heavy atom. The summed E-state index contributed by atoms with van der Waals surface area (Å²) >= 11 is 0. The number of nitrogens with zero attached hydrogens (tertiary/aromatic N) is 5. The minimum atomic E-state index is 0.586. The van der Waals surface area contributed by atoms with Crippen molar-refractivity contribution in [1.29, 1.82) is 0 Å². The molecule has 1 saturated carbocycles. The van der Waals surface area contributed by atoms with Gasteiger partial charge in [0.05, 0.1) is 11.0 Å². The van der Waals surface area contributed by atoms with Gasteiger partial charge in [-0.15, -0.1) is 0 Å². The molecule has 0 saturated heterocycles. The molecule has 0 aliphatic heterocycles. The molecular weight excluding hydrogens is 711 g/mol. The minimum Gasteiger partial charge on any atom is -0.450 e. The molecule has 58 heavy (non-hydrogen) atoms. The first kappa shape index (κ1) is 34.1. The summed E-state index contributed by atoms with van der Waals surface area (Å²) in [5, 5.41) is 3.26. The van der Waals surface area contributed by atoms with Gasteiger partial charge in [0.25, 0.3) is 0 Å². The fourth-order valence-electron chi connectivity index (χ4n) is 9.14. The van der Waals surface area contributed by atoms with E-state index >= 15 is 0 Å². The fraction of sp³-hybridized carbons (Fsp3) is 0.115. The standard InChI is InChI=1S/C52H41N5O/c1-6-16-36(17-7-1)37-26-31-49-46(32-37)50-51(58-49)52(54-35-53-50)57-47-29-27-42(55(38-18-8-2-9-19-38)39-20-10-3-11-21-39)33-44(47)45-34-43(28-30-48(45)57)56(40-22-12-4-13-23-40)41-24-14-5-15-25-41/h2-5,8-15,18-36H,1,6-7,16-17H2. The second-order valence-corrected chi connectivity index (χ2v) is 15.3. The molecule has 0 amide bonds. The van der Waals surface area contributed by atoms with Gasteiger partial charge in [0.15, 0.2) is 11.4 Å². The summed E-state index contributed by atoms with van der Waals surface area (Å²) in [5.74, 6) is 1.31. The number of aromatic nitrogens is 3. The molecule has 0 unspecified atom stereocenters. The van der Waals surface area contributed by atoms with E-state index in [-0.39, 0.29) is 0 Å². The van der Waals surface area contributed by atoms with E-state index in [2.05, 4.69) is 190 Å². The molecule has 6 heteroatoms. The Labute approximate surface area is 337 Å². The largest absolute Gasteiger partial charge is 0.450 e. The van der Waals surface area contributed by atoms with E-state index in [9.17, 15) is 0 Å². The van der Waals surface area contributed by atoms with Gasteiger partial charge in [0.1, 0.15) is 17.4 Å². The molecular formula is C52H41N5O. The smallest absolute Gasteiger partial charge is 0.197 e. The number of hydrogen-bond donors (Lipinski definition) is 0. The third-order valence-corrected chi connectivity index (χ3v) is 11.9. The zero-order chi connectivity index (χ0) is 38.4. The van der Waals surface area contributed by atoms with Crippen LogP contribution in [0.15, 0.2) is 187 Å². The van der Waals surface area contributed by atoms with Crippen molar-refractivity contribution < 1.29 is 4.42 Å². The van der Waals surface area contributed by atoms with Gasteiger partial charge in [0.2, 0.25) is 0 Å². The number of benzene rings is 7. The van der Waals surface area contributed by atoms with Crippen molar-refractivity contribution in [1.82, 2.24) is 14.5 Å². The third kappa shape index (κ3) is 5.88. The first-order chi connectivity index (χ1) is 28.8. The Hall–Kier alpha value is -7.18. The molecule has 1 aliphatic carbocycles. The quantitative estimate of drug-likeness (QED) is 0.155. The molecule has 0 bridgehead atoms. The minimum absolute atomic E-state index is 0.586. The normalized spacial score (nSPS) is 13.4. The predicted octanol–water partition coefficient (Wildman–Crippen LogP) is 14.5. The highest BCUT2D eigenvalue weighted by Gasteiger charge is 2.24. The van der Waals surface area contributed by atoms with Gasteiger partial charge in [-0.05, 0) is 121 Å². The molecule has 3 aromatic heterocycles. The second-order valence-electron chi connectivity index (χ2n) is 15.3. The van der Waals surface area contributed by atoms with Crippen molar-refractivity contribution in [3.8, 4) is 5.82 Å². The van der Waals surface area contributed by atoms with Crippen LogP contribution in [0.2, 0.25) is 0 Å². The first-order valence-electron chi connectivity index (χ1n) is 20.3. The summed E-state index contributed by atoms with van der Waals surface area (Å²) in [6.45, 7) is 0. The predicted molar refractivity (Wildman–Crippen MR) is 239 cm³/mol. The van der Waals surface area contributed by atoms with Crippen molar-refractivity contribution >= 4 is 78.0 Å². The Kier molecular flexibility index (Phi) is 8.46. The molecule has 0 atom stereocenters. The molecule has 1 aliphatic rings. The van der Waals surface area contributed by atoms with E-state index in [1.54, 1.807) is 6.33 Å². The Balaban J connectivity index is 1.16. The Morgan fingerprint density at radius 2 is 0.966 bits per heavy atom. The molecule has 7 aromatic carbocycles. The van der Waals surface area contributed by atoms with Crippen LogP contribution in [0.4, 0.5) is 34.1 Å². The van der Waals surface area contributed by atoms with Crippen molar-refractivity contribution in [3.63, 3.8) is 0 Å². The molecule has 6 nitrogen and oxygen atoms in total. The van der Waals surface area contributed by atoms with E-state index in [4.69, 9.17) is 14.4 Å². The van der Waals surface area contributed by atoms with E-state index in [1.807, 2.05) is 0 Å². The average molecular weight is 752 g/mol.